The van der Waals surface area contributed by atoms with Crippen LogP contribution in [0.5, 0.6) is 0 Å². The number of carbonyl (C=O) groups is 4. The van der Waals surface area contributed by atoms with E-state index in [1.165, 1.54) is 11.8 Å². The van der Waals surface area contributed by atoms with Gasteiger partial charge in [-0.1, -0.05) is 65.2 Å². The van der Waals surface area contributed by atoms with Gasteiger partial charge < -0.3 is 5.32 Å². The van der Waals surface area contributed by atoms with E-state index in [-0.39, 0.29) is 23.1 Å². The van der Waals surface area contributed by atoms with Gasteiger partial charge in [0.2, 0.25) is 16.9 Å². The first-order valence-electron chi connectivity index (χ1n) is 7.37. The van der Waals surface area contributed by atoms with E-state index in [9.17, 15) is 19.2 Å². The topological polar surface area (TPSA) is 118 Å². The third-order valence-corrected chi connectivity index (χ3v) is 6.17. The van der Waals surface area contributed by atoms with Crippen LogP contribution >= 0.6 is 34.9 Å². The maximum atomic E-state index is 12.1. The molecule has 26 heavy (non-hydrogen) atoms. The fraction of sp³-hybridized carbons (Fsp3) is 0.200. The van der Waals surface area contributed by atoms with E-state index in [2.05, 4.69) is 20.8 Å². The zero-order valence-corrected chi connectivity index (χ0v) is 15.6. The Hall–Kier alpha value is -2.24. The van der Waals surface area contributed by atoms with Gasteiger partial charge in [-0.15, -0.1) is 10.2 Å². The van der Waals surface area contributed by atoms with Crippen LogP contribution in [-0.2, 0) is 9.59 Å². The smallest absolute Gasteiger partial charge is 0.286 e. The Morgan fingerprint density at radius 3 is 2.65 bits per heavy atom. The lowest BCUT2D eigenvalue weighted by Crippen LogP contribution is -2.27. The number of aromatic nitrogens is 2. The normalized spacial score (nSPS) is 16.4. The van der Waals surface area contributed by atoms with Crippen LogP contribution in [0.25, 0.3) is 0 Å². The van der Waals surface area contributed by atoms with Gasteiger partial charge in [-0.05, 0) is 0 Å². The number of thioether (sulfide) groups is 2. The Bertz CT molecular complexity index is 856. The molecule has 1 aliphatic rings. The Morgan fingerprint density at radius 1 is 1.19 bits per heavy atom. The summed E-state index contributed by atoms with van der Waals surface area (Å²) in [4.78, 5) is 46.5. The summed E-state index contributed by atoms with van der Waals surface area (Å²) in [5.41, 5.74) is 0.625. The molecule has 0 radical (unpaired) electrons. The minimum absolute atomic E-state index is 0.0228. The van der Waals surface area contributed by atoms with Crippen molar-refractivity contribution in [3.8, 4) is 0 Å². The third kappa shape index (κ3) is 4.90. The van der Waals surface area contributed by atoms with Crippen LogP contribution in [-0.4, -0.2) is 44.0 Å². The molecular formula is C15H12N4O4S3. The standard InChI is InChI=1S/C15H12N4O4S3/c20-9(8-4-2-1-3-5-8)7-24-15-19-18-13(26-15)16-11(21)6-10-12(22)17-14(23)25-10/h1-5,10H,6-7H2,(H,16,18,21)(H,17,22,23). The highest BCUT2D eigenvalue weighted by Gasteiger charge is 2.33. The molecule has 0 aliphatic carbocycles. The summed E-state index contributed by atoms with van der Waals surface area (Å²) >= 11 is 3.17. The van der Waals surface area contributed by atoms with Crippen molar-refractivity contribution in [1.29, 1.82) is 0 Å². The zero-order chi connectivity index (χ0) is 18.5. The second-order valence-corrected chi connectivity index (χ2v) is 8.46. The van der Waals surface area contributed by atoms with Crippen LogP contribution in [0.1, 0.15) is 16.8 Å². The van der Waals surface area contributed by atoms with Gasteiger partial charge in [-0.3, -0.25) is 24.5 Å². The Labute approximate surface area is 160 Å². The number of nitrogens with zero attached hydrogens (tertiary/aromatic N) is 2. The highest BCUT2D eigenvalue weighted by atomic mass is 32.2. The van der Waals surface area contributed by atoms with E-state index in [0.29, 0.717) is 9.90 Å². The van der Waals surface area contributed by atoms with Crippen LogP contribution in [0.15, 0.2) is 34.7 Å². The van der Waals surface area contributed by atoms with Crippen molar-refractivity contribution >= 4 is 62.8 Å². The zero-order valence-electron chi connectivity index (χ0n) is 13.1. The van der Waals surface area contributed by atoms with Gasteiger partial charge in [0.25, 0.3) is 5.24 Å². The van der Waals surface area contributed by atoms with Crippen LogP contribution in [0.4, 0.5) is 9.93 Å². The first kappa shape index (κ1) is 18.5. The number of benzene rings is 1. The lowest BCUT2D eigenvalue weighted by molar-refractivity contribution is -0.122. The molecule has 0 saturated carbocycles. The lowest BCUT2D eigenvalue weighted by atomic mass is 10.2. The van der Waals surface area contributed by atoms with Crippen molar-refractivity contribution in [3.05, 3.63) is 35.9 Å². The average molecular weight is 408 g/mol. The number of nitrogens with one attached hydrogen (secondary N) is 2. The Kier molecular flexibility index (Phi) is 6.01. The monoisotopic (exact) mass is 408 g/mol. The van der Waals surface area contributed by atoms with Crippen molar-refractivity contribution in [3.63, 3.8) is 0 Å². The van der Waals surface area contributed by atoms with Gasteiger partial charge in [0.1, 0.15) is 5.25 Å². The second kappa shape index (κ2) is 8.43. The fourth-order valence-electron chi connectivity index (χ4n) is 2.02. The largest absolute Gasteiger partial charge is 0.300 e. The highest BCUT2D eigenvalue weighted by molar-refractivity contribution is 8.15. The van der Waals surface area contributed by atoms with Crippen molar-refractivity contribution in [2.45, 2.75) is 16.0 Å². The molecular weight excluding hydrogens is 396 g/mol. The van der Waals surface area contributed by atoms with Gasteiger partial charge >= 0.3 is 0 Å². The van der Waals surface area contributed by atoms with Crippen molar-refractivity contribution < 1.29 is 19.2 Å². The van der Waals surface area contributed by atoms with Gasteiger partial charge in [-0.25, -0.2) is 0 Å². The van der Waals surface area contributed by atoms with E-state index in [1.807, 2.05) is 6.07 Å². The van der Waals surface area contributed by atoms with Gasteiger partial charge in [0, 0.05) is 12.0 Å². The molecule has 2 heterocycles. The minimum Gasteiger partial charge on any atom is -0.300 e. The number of rotatable bonds is 7. The molecule has 1 aliphatic heterocycles. The van der Waals surface area contributed by atoms with Crippen molar-refractivity contribution in [1.82, 2.24) is 15.5 Å². The van der Waals surface area contributed by atoms with Crippen molar-refractivity contribution in [2.75, 3.05) is 11.1 Å². The van der Waals surface area contributed by atoms with E-state index in [0.717, 1.165) is 23.1 Å². The predicted molar refractivity (Wildman–Crippen MR) is 99.6 cm³/mol. The number of hydrogen-bond acceptors (Lipinski definition) is 9. The summed E-state index contributed by atoms with van der Waals surface area (Å²) in [6, 6.07) is 8.93. The summed E-state index contributed by atoms with van der Waals surface area (Å²) in [6.07, 6.45) is -0.128. The Balaban J connectivity index is 1.48. The lowest BCUT2D eigenvalue weighted by Gasteiger charge is -2.03. The number of Topliss-reactive ketones (excluding diaryl/α,β-unsaturated/α-hetero) is 1. The Morgan fingerprint density at radius 2 is 1.96 bits per heavy atom. The highest BCUT2D eigenvalue weighted by Crippen LogP contribution is 2.27. The maximum Gasteiger partial charge on any atom is 0.286 e. The number of carbonyl (C=O) groups excluding carboxylic acids is 4. The minimum atomic E-state index is -0.729. The molecule has 3 amide bonds. The molecule has 2 aromatic rings. The van der Waals surface area contributed by atoms with Gasteiger partial charge in [0.15, 0.2) is 10.1 Å². The summed E-state index contributed by atoms with van der Waals surface area (Å²) in [6.45, 7) is 0. The van der Waals surface area contributed by atoms with E-state index < -0.39 is 22.3 Å². The molecule has 8 nitrogen and oxygen atoms in total. The van der Waals surface area contributed by atoms with Crippen LogP contribution < -0.4 is 10.6 Å². The number of imide groups is 1. The molecule has 134 valence electrons. The summed E-state index contributed by atoms with van der Waals surface area (Å²) in [5.74, 6) is -0.707. The van der Waals surface area contributed by atoms with Crippen LogP contribution in [0, 0.1) is 0 Å². The molecule has 3 rings (SSSR count). The molecule has 2 N–H and O–H groups in total. The van der Waals surface area contributed by atoms with Crippen LogP contribution in [0.2, 0.25) is 0 Å². The number of anilines is 1. The number of ketones is 1. The first-order chi connectivity index (χ1) is 12.5. The summed E-state index contributed by atoms with van der Waals surface area (Å²) < 4.78 is 0.549. The molecule has 1 aromatic carbocycles. The predicted octanol–water partition coefficient (Wildman–Crippen LogP) is 2.19. The third-order valence-electron chi connectivity index (χ3n) is 3.21. The summed E-state index contributed by atoms with van der Waals surface area (Å²) in [5, 5.41) is 11.5. The molecule has 11 heteroatoms. The molecule has 0 spiro atoms. The molecule has 1 atom stereocenters. The fourth-order valence-corrected chi connectivity index (χ4v) is 4.50. The first-order valence-corrected chi connectivity index (χ1v) is 10.1. The number of hydrogen-bond donors (Lipinski definition) is 2. The van der Waals surface area contributed by atoms with Gasteiger partial charge in [0.05, 0.1) is 5.75 Å². The van der Waals surface area contributed by atoms with E-state index in [4.69, 9.17) is 0 Å². The second-order valence-electron chi connectivity index (χ2n) is 5.09. The molecule has 1 aromatic heterocycles. The van der Waals surface area contributed by atoms with E-state index in [1.54, 1.807) is 24.3 Å². The molecule has 0 bridgehead atoms. The average Bonchev–Trinajstić information content (AvgIpc) is 3.19. The van der Waals surface area contributed by atoms with Gasteiger partial charge in [-0.2, -0.15) is 0 Å². The molecule has 1 unspecified atom stereocenters. The van der Waals surface area contributed by atoms with E-state index >= 15 is 0 Å². The number of amides is 3. The van der Waals surface area contributed by atoms with Crippen LogP contribution in [0.3, 0.4) is 0 Å². The molecule has 1 saturated heterocycles. The maximum absolute atomic E-state index is 12.1. The summed E-state index contributed by atoms with van der Waals surface area (Å²) in [7, 11) is 0. The quantitative estimate of drug-likeness (QED) is 0.407. The SMILES string of the molecule is O=C(CC1SC(=O)NC1=O)Nc1nnc(SCC(=O)c2ccccc2)s1. The van der Waals surface area contributed by atoms with Crippen molar-refractivity contribution in [2.24, 2.45) is 0 Å². The molecule has 1 fully saturated rings.